The Labute approximate surface area is 160 Å². The topological polar surface area (TPSA) is 30.2 Å². The molecular weight excluding hydrogens is 367 g/mol. The van der Waals surface area contributed by atoms with E-state index in [4.69, 9.17) is 0 Å². The van der Waals surface area contributed by atoms with Crippen molar-refractivity contribution in [1.82, 2.24) is 14.0 Å². The third-order valence-corrected chi connectivity index (χ3v) is 5.47. The molecule has 0 fully saturated rings. The number of alkyl halides is 3. The van der Waals surface area contributed by atoms with E-state index in [2.05, 4.69) is 41.6 Å². The molecule has 0 amide bonds. The predicted molar refractivity (Wildman–Crippen MR) is 102 cm³/mol. The Morgan fingerprint density at radius 1 is 1.14 bits per heavy atom. The zero-order valence-corrected chi connectivity index (χ0v) is 15.9. The summed E-state index contributed by atoms with van der Waals surface area (Å²) in [5, 5.41) is 1.22. The van der Waals surface area contributed by atoms with Crippen LogP contribution in [0.1, 0.15) is 22.4 Å². The van der Waals surface area contributed by atoms with Crippen LogP contribution in [-0.4, -0.2) is 27.6 Å². The highest BCUT2D eigenvalue weighted by molar-refractivity contribution is 5.86. The van der Waals surface area contributed by atoms with E-state index in [-0.39, 0.29) is 4.57 Å². The van der Waals surface area contributed by atoms with Crippen LogP contribution in [0.3, 0.4) is 0 Å². The summed E-state index contributed by atoms with van der Waals surface area (Å²) in [5.74, 6) is 0. The summed E-state index contributed by atoms with van der Waals surface area (Å²) in [5.41, 5.74) is 4.33. The number of hydrogen-bond donors (Lipinski definition) is 0. The fourth-order valence-corrected chi connectivity index (χ4v) is 4.07. The quantitative estimate of drug-likeness (QED) is 0.682. The van der Waals surface area contributed by atoms with Gasteiger partial charge in [0.1, 0.15) is 0 Å². The van der Waals surface area contributed by atoms with Gasteiger partial charge in [-0.2, -0.15) is 0 Å². The molecule has 7 heteroatoms. The van der Waals surface area contributed by atoms with Crippen molar-refractivity contribution in [1.29, 1.82) is 0 Å². The summed E-state index contributed by atoms with van der Waals surface area (Å²) in [7, 11) is 2.10. The zero-order valence-electron chi connectivity index (χ0n) is 15.9. The molecule has 28 heavy (non-hydrogen) atoms. The summed E-state index contributed by atoms with van der Waals surface area (Å²) < 4.78 is 41.1. The van der Waals surface area contributed by atoms with E-state index in [9.17, 15) is 18.0 Å². The lowest BCUT2D eigenvalue weighted by Gasteiger charge is -2.24. The van der Waals surface area contributed by atoms with Crippen molar-refractivity contribution < 1.29 is 13.2 Å². The fraction of sp³-hybridized carbons (Fsp3) is 0.381. The third kappa shape index (κ3) is 3.35. The lowest BCUT2D eigenvalue weighted by Crippen LogP contribution is -2.30. The van der Waals surface area contributed by atoms with Gasteiger partial charge in [-0.3, -0.25) is 4.79 Å². The van der Waals surface area contributed by atoms with Crippen molar-refractivity contribution in [2.24, 2.45) is 0 Å². The summed E-state index contributed by atoms with van der Waals surface area (Å²) in [4.78, 5) is 13.8. The van der Waals surface area contributed by atoms with Crippen LogP contribution in [0.4, 0.5) is 13.2 Å². The molecule has 4 nitrogen and oxygen atoms in total. The van der Waals surface area contributed by atoms with Crippen molar-refractivity contribution in [3.8, 4) is 0 Å². The highest BCUT2D eigenvalue weighted by Crippen LogP contribution is 2.31. The summed E-state index contributed by atoms with van der Waals surface area (Å²) in [6, 6.07) is 8.83. The monoisotopic (exact) mass is 389 g/mol. The molecule has 0 atom stereocenters. The minimum absolute atomic E-state index is 0.149. The number of benzene rings is 1. The van der Waals surface area contributed by atoms with Crippen LogP contribution in [0.25, 0.3) is 10.9 Å². The molecule has 1 aliphatic heterocycles. The normalized spacial score (nSPS) is 15.2. The standard InChI is InChI=1S/C21H22F3N3O/c1-14-3-5-18-16(11-14)17-13-25(2)9-8-19(17)26(18)10-7-15-4-6-20(28)27(12-15)21(22,23)24/h3-6,11-12H,7-10,13H2,1-2H3. The van der Waals surface area contributed by atoms with Gasteiger partial charge in [-0.05, 0) is 43.7 Å². The molecule has 0 saturated carbocycles. The zero-order chi connectivity index (χ0) is 20.1. The van der Waals surface area contributed by atoms with Crippen molar-refractivity contribution >= 4 is 10.9 Å². The van der Waals surface area contributed by atoms with Crippen LogP contribution in [0.5, 0.6) is 0 Å². The highest BCUT2D eigenvalue weighted by atomic mass is 19.4. The second-order valence-corrected chi connectivity index (χ2v) is 7.55. The van der Waals surface area contributed by atoms with E-state index in [1.807, 2.05) is 0 Å². The number of aromatic nitrogens is 2. The molecule has 1 aromatic carbocycles. The highest BCUT2D eigenvalue weighted by Gasteiger charge is 2.31. The summed E-state index contributed by atoms with van der Waals surface area (Å²) in [6.45, 7) is 4.48. The molecule has 0 bridgehead atoms. The Balaban J connectivity index is 1.71. The van der Waals surface area contributed by atoms with E-state index < -0.39 is 11.9 Å². The number of aryl methyl sites for hydroxylation is 3. The Kier molecular flexibility index (Phi) is 4.57. The lowest BCUT2D eigenvalue weighted by atomic mass is 10.0. The van der Waals surface area contributed by atoms with E-state index >= 15 is 0 Å². The maximum atomic E-state index is 13.0. The maximum absolute atomic E-state index is 13.0. The molecule has 1 aliphatic rings. The molecular formula is C21H22F3N3O. The Morgan fingerprint density at radius 2 is 1.93 bits per heavy atom. The fourth-order valence-electron chi connectivity index (χ4n) is 4.07. The smallest absolute Gasteiger partial charge is 0.344 e. The molecule has 148 valence electrons. The first-order chi connectivity index (χ1) is 13.2. The largest absolute Gasteiger partial charge is 0.491 e. The molecule has 0 N–H and O–H groups in total. The third-order valence-electron chi connectivity index (χ3n) is 5.47. The second kappa shape index (κ2) is 6.81. The number of hydrogen-bond acceptors (Lipinski definition) is 2. The van der Waals surface area contributed by atoms with Crippen molar-refractivity contribution in [3.63, 3.8) is 0 Å². The van der Waals surface area contributed by atoms with Gasteiger partial charge >= 0.3 is 6.30 Å². The first-order valence-corrected chi connectivity index (χ1v) is 9.32. The number of nitrogens with zero attached hydrogens (tertiary/aromatic N) is 3. The van der Waals surface area contributed by atoms with Crippen LogP contribution in [-0.2, 0) is 32.2 Å². The lowest BCUT2D eigenvalue weighted by molar-refractivity contribution is -0.206. The van der Waals surface area contributed by atoms with Gasteiger partial charge in [-0.15, -0.1) is 13.2 Å². The van der Waals surface area contributed by atoms with Crippen LogP contribution >= 0.6 is 0 Å². The average molecular weight is 389 g/mol. The summed E-state index contributed by atoms with van der Waals surface area (Å²) in [6.07, 6.45) is -2.44. The number of fused-ring (bicyclic) bond motifs is 3. The van der Waals surface area contributed by atoms with Crippen molar-refractivity contribution in [3.05, 3.63) is 69.3 Å². The molecule has 0 aliphatic carbocycles. The molecule has 4 rings (SSSR count). The van der Waals surface area contributed by atoms with Crippen LogP contribution in [0.2, 0.25) is 0 Å². The molecule has 0 unspecified atom stereocenters. The van der Waals surface area contributed by atoms with Gasteiger partial charge in [0.05, 0.1) is 0 Å². The van der Waals surface area contributed by atoms with Crippen LogP contribution < -0.4 is 5.56 Å². The minimum atomic E-state index is -4.70. The van der Waals surface area contributed by atoms with Crippen molar-refractivity contribution in [2.45, 2.75) is 39.2 Å². The van der Waals surface area contributed by atoms with E-state index in [1.54, 1.807) is 0 Å². The van der Waals surface area contributed by atoms with Crippen LogP contribution in [0.15, 0.2) is 41.3 Å². The Morgan fingerprint density at radius 3 is 2.68 bits per heavy atom. The van der Waals surface area contributed by atoms with Crippen molar-refractivity contribution in [2.75, 3.05) is 13.6 Å². The minimum Gasteiger partial charge on any atom is -0.344 e. The number of likely N-dealkylation sites (N-methyl/N-ethyl adjacent to an activating group) is 1. The Hall–Kier alpha value is -2.54. The first-order valence-electron chi connectivity index (χ1n) is 9.32. The molecule has 0 spiro atoms. The maximum Gasteiger partial charge on any atom is 0.491 e. The van der Waals surface area contributed by atoms with Gasteiger partial charge in [0.15, 0.2) is 0 Å². The first kappa shape index (κ1) is 18.8. The SMILES string of the molecule is Cc1ccc2c(c1)c1c(n2CCc2ccc(=O)n(C(F)(F)F)c2)CCN(C)C1. The van der Waals surface area contributed by atoms with E-state index in [0.717, 1.165) is 37.3 Å². The number of halogens is 3. The predicted octanol–water partition coefficient (Wildman–Crippen LogP) is 3.82. The summed E-state index contributed by atoms with van der Waals surface area (Å²) >= 11 is 0. The van der Waals surface area contributed by atoms with Gasteiger partial charge in [-0.25, -0.2) is 4.57 Å². The van der Waals surface area contributed by atoms with E-state index in [1.165, 1.54) is 28.3 Å². The molecule has 0 saturated heterocycles. The number of pyridine rings is 1. The average Bonchev–Trinajstić information content (AvgIpc) is 2.92. The van der Waals surface area contributed by atoms with Gasteiger partial charge < -0.3 is 9.47 Å². The van der Waals surface area contributed by atoms with Gasteiger partial charge in [0.2, 0.25) is 0 Å². The molecule has 3 aromatic rings. The van der Waals surface area contributed by atoms with E-state index in [0.29, 0.717) is 18.5 Å². The molecule has 2 aromatic heterocycles. The second-order valence-electron chi connectivity index (χ2n) is 7.55. The van der Waals surface area contributed by atoms with Gasteiger partial charge in [-0.1, -0.05) is 17.7 Å². The molecule has 0 radical (unpaired) electrons. The van der Waals surface area contributed by atoms with Crippen LogP contribution in [0, 0.1) is 6.92 Å². The Bertz CT molecular complexity index is 1090. The van der Waals surface area contributed by atoms with Gasteiger partial charge in [0, 0.05) is 54.9 Å². The number of rotatable bonds is 3. The van der Waals surface area contributed by atoms with Gasteiger partial charge in [0.25, 0.3) is 5.56 Å². The molecule has 3 heterocycles.